The molecular weight excluding hydrogens is 282 g/mol. The molecule has 5 nitrogen and oxygen atoms in total. The number of carbonyl (C=O) groups excluding carboxylic acids is 1. The van der Waals surface area contributed by atoms with Gasteiger partial charge in [0.2, 0.25) is 0 Å². The van der Waals surface area contributed by atoms with E-state index in [9.17, 15) is 9.59 Å². The normalized spacial score (nSPS) is 14.2. The predicted molar refractivity (Wildman–Crippen MR) is 83.0 cm³/mol. The van der Waals surface area contributed by atoms with Crippen LogP contribution < -0.4 is 10.7 Å². The van der Waals surface area contributed by atoms with E-state index < -0.39 is 0 Å². The smallest absolute Gasteiger partial charge is 0.287 e. The molecule has 3 rings (SSSR count). The third-order valence-electron chi connectivity index (χ3n) is 3.66. The molecule has 1 fully saturated rings. The van der Waals surface area contributed by atoms with Crippen LogP contribution in [0.1, 0.15) is 29.8 Å². The number of fused-ring (bicyclic) bond motifs is 1. The summed E-state index contributed by atoms with van der Waals surface area (Å²) >= 11 is 0. The minimum Gasteiger partial charge on any atom is -0.451 e. The van der Waals surface area contributed by atoms with Crippen molar-refractivity contribution in [3.63, 3.8) is 0 Å². The molecule has 0 radical (unpaired) electrons. The van der Waals surface area contributed by atoms with E-state index in [2.05, 4.69) is 5.32 Å². The maximum Gasteiger partial charge on any atom is 0.287 e. The maximum absolute atomic E-state index is 12.0. The Balaban J connectivity index is 1.52. The van der Waals surface area contributed by atoms with Crippen molar-refractivity contribution in [2.45, 2.75) is 19.3 Å². The number of benzene rings is 1. The van der Waals surface area contributed by atoms with Gasteiger partial charge >= 0.3 is 0 Å². The van der Waals surface area contributed by atoms with E-state index >= 15 is 0 Å². The first-order valence-corrected chi connectivity index (χ1v) is 7.63. The molecule has 1 amide bonds. The largest absolute Gasteiger partial charge is 0.451 e. The fourth-order valence-electron chi connectivity index (χ4n) is 2.21. The topological polar surface area (TPSA) is 68.5 Å². The molecule has 22 heavy (non-hydrogen) atoms. The Kier molecular flexibility index (Phi) is 4.53. The van der Waals surface area contributed by atoms with Gasteiger partial charge < -0.3 is 14.5 Å². The van der Waals surface area contributed by atoms with Gasteiger partial charge in [0.05, 0.1) is 5.39 Å². The highest BCUT2D eigenvalue weighted by Crippen LogP contribution is 2.28. The van der Waals surface area contributed by atoms with Gasteiger partial charge in [0.1, 0.15) is 5.58 Å². The van der Waals surface area contributed by atoms with Crippen molar-refractivity contribution in [1.29, 1.82) is 0 Å². The second kappa shape index (κ2) is 6.75. The standard InChI is InChI=1S/C17H19NO4/c19-14-10-16(22-15-5-2-1-4-13(14)15)17(20)18-8-3-9-21-11-12-6-7-12/h1-2,4-5,10,12H,3,6-9,11H2,(H,18,20). The van der Waals surface area contributed by atoms with Crippen LogP contribution in [0.25, 0.3) is 11.0 Å². The van der Waals surface area contributed by atoms with Crippen molar-refractivity contribution in [3.8, 4) is 0 Å². The summed E-state index contributed by atoms with van der Waals surface area (Å²) in [6, 6.07) is 8.13. The highest BCUT2D eigenvalue weighted by molar-refractivity contribution is 5.93. The van der Waals surface area contributed by atoms with Crippen LogP contribution in [0.5, 0.6) is 0 Å². The number of carbonyl (C=O) groups is 1. The summed E-state index contributed by atoms with van der Waals surface area (Å²) in [6.45, 7) is 1.96. The Morgan fingerprint density at radius 3 is 2.95 bits per heavy atom. The molecule has 1 aliphatic rings. The summed E-state index contributed by atoms with van der Waals surface area (Å²) in [7, 11) is 0. The molecule has 0 spiro atoms. The summed E-state index contributed by atoms with van der Waals surface area (Å²) in [4.78, 5) is 23.9. The zero-order valence-corrected chi connectivity index (χ0v) is 12.3. The summed E-state index contributed by atoms with van der Waals surface area (Å²) in [5.41, 5.74) is 0.215. The highest BCUT2D eigenvalue weighted by Gasteiger charge is 2.20. The van der Waals surface area contributed by atoms with Crippen molar-refractivity contribution in [3.05, 3.63) is 46.3 Å². The molecule has 1 aromatic heterocycles. The van der Waals surface area contributed by atoms with Crippen LogP contribution in [0, 0.1) is 5.92 Å². The zero-order valence-electron chi connectivity index (χ0n) is 12.3. The Bertz CT molecular complexity index is 718. The Hall–Kier alpha value is -2.14. The van der Waals surface area contributed by atoms with E-state index in [4.69, 9.17) is 9.15 Å². The molecule has 1 saturated carbocycles. The predicted octanol–water partition coefficient (Wildman–Crippen LogP) is 2.34. The van der Waals surface area contributed by atoms with Gasteiger partial charge in [-0.1, -0.05) is 12.1 Å². The SMILES string of the molecule is O=C(NCCCOCC1CC1)c1cc(=O)c2ccccc2o1. The summed E-state index contributed by atoms with van der Waals surface area (Å²) in [5.74, 6) is 0.425. The summed E-state index contributed by atoms with van der Waals surface area (Å²) in [5, 5.41) is 3.22. The zero-order chi connectivity index (χ0) is 15.4. The molecule has 0 atom stereocenters. The molecule has 0 bridgehead atoms. The lowest BCUT2D eigenvalue weighted by atomic mass is 10.2. The average Bonchev–Trinajstić information content (AvgIpc) is 3.34. The van der Waals surface area contributed by atoms with Gasteiger partial charge in [0, 0.05) is 25.8 Å². The fraction of sp³-hybridized carbons (Fsp3) is 0.412. The Labute approximate surface area is 128 Å². The molecule has 1 aromatic carbocycles. The Morgan fingerprint density at radius 1 is 1.32 bits per heavy atom. The Morgan fingerprint density at radius 2 is 2.14 bits per heavy atom. The number of hydrogen-bond acceptors (Lipinski definition) is 4. The molecule has 116 valence electrons. The van der Waals surface area contributed by atoms with Crippen molar-refractivity contribution in [1.82, 2.24) is 5.32 Å². The number of nitrogens with one attached hydrogen (secondary N) is 1. The quantitative estimate of drug-likeness (QED) is 0.797. The third-order valence-corrected chi connectivity index (χ3v) is 3.66. The first kappa shape index (κ1) is 14.8. The van der Waals surface area contributed by atoms with Crippen LogP contribution in [0.15, 0.2) is 39.5 Å². The molecule has 0 unspecified atom stereocenters. The van der Waals surface area contributed by atoms with E-state index in [1.807, 2.05) is 0 Å². The molecule has 0 saturated heterocycles. The average molecular weight is 301 g/mol. The lowest BCUT2D eigenvalue weighted by Gasteiger charge is -2.06. The first-order valence-electron chi connectivity index (χ1n) is 7.63. The van der Waals surface area contributed by atoms with E-state index in [-0.39, 0.29) is 17.1 Å². The fourth-order valence-corrected chi connectivity index (χ4v) is 2.21. The molecule has 2 aromatic rings. The number of amides is 1. The number of ether oxygens (including phenoxy) is 1. The summed E-state index contributed by atoms with van der Waals surface area (Å²) in [6.07, 6.45) is 3.30. The lowest BCUT2D eigenvalue weighted by molar-refractivity contribution is 0.0911. The molecular formula is C17H19NO4. The molecule has 1 aliphatic carbocycles. The van der Waals surface area contributed by atoms with Gasteiger partial charge in [-0.25, -0.2) is 0 Å². The maximum atomic E-state index is 12.0. The van der Waals surface area contributed by atoms with Crippen LogP contribution >= 0.6 is 0 Å². The molecule has 1 heterocycles. The van der Waals surface area contributed by atoms with E-state index in [0.29, 0.717) is 24.1 Å². The van der Waals surface area contributed by atoms with Crippen LogP contribution in [-0.4, -0.2) is 25.7 Å². The number of para-hydroxylation sites is 1. The van der Waals surface area contributed by atoms with Crippen molar-refractivity contribution < 1.29 is 13.9 Å². The third kappa shape index (κ3) is 3.74. The van der Waals surface area contributed by atoms with E-state index in [0.717, 1.165) is 18.9 Å². The van der Waals surface area contributed by atoms with Gasteiger partial charge in [-0.05, 0) is 37.3 Å². The minimum absolute atomic E-state index is 0.0441. The van der Waals surface area contributed by atoms with Crippen molar-refractivity contribution in [2.75, 3.05) is 19.8 Å². The number of rotatable bonds is 7. The highest BCUT2D eigenvalue weighted by atomic mass is 16.5. The van der Waals surface area contributed by atoms with Crippen molar-refractivity contribution >= 4 is 16.9 Å². The van der Waals surface area contributed by atoms with Gasteiger partial charge in [-0.15, -0.1) is 0 Å². The van der Waals surface area contributed by atoms with E-state index in [1.165, 1.54) is 18.9 Å². The van der Waals surface area contributed by atoms with Gasteiger partial charge in [-0.3, -0.25) is 9.59 Å². The number of hydrogen-bond donors (Lipinski definition) is 1. The second-order valence-corrected chi connectivity index (χ2v) is 5.60. The monoisotopic (exact) mass is 301 g/mol. The minimum atomic E-state index is -0.370. The van der Waals surface area contributed by atoms with Gasteiger partial charge in [0.25, 0.3) is 5.91 Å². The summed E-state index contributed by atoms with van der Waals surface area (Å²) < 4.78 is 11.0. The van der Waals surface area contributed by atoms with Crippen LogP contribution in [0.3, 0.4) is 0 Å². The van der Waals surface area contributed by atoms with Crippen LogP contribution in [-0.2, 0) is 4.74 Å². The van der Waals surface area contributed by atoms with Crippen molar-refractivity contribution in [2.24, 2.45) is 5.92 Å². The van der Waals surface area contributed by atoms with Crippen LogP contribution in [0.4, 0.5) is 0 Å². The van der Waals surface area contributed by atoms with Crippen LogP contribution in [0.2, 0.25) is 0 Å². The van der Waals surface area contributed by atoms with E-state index in [1.54, 1.807) is 24.3 Å². The molecule has 1 N–H and O–H groups in total. The lowest BCUT2D eigenvalue weighted by Crippen LogP contribution is -2.26. The first-order chi connectivity index (χ1) is 10.7. The second-order valence-electron chi connectivity index (χ2n) is 5.60. The molecule has 5 heteroatoms. The van der Waals surface area contributed by atoms with Gasteiger partial charge in [-0.2, -0.15) is 0 Å². The van der Waals surface area contributed by atoms with Gasteiger partial charge in [0.15, 0.2) is 11.2 Å². The molecule has 0 aliphatic heterocycles.